The lowest BCUT2D eigenvalue weighted by Gasteiger charge is -2.18. The zero-order valence-electron chi connectivity index (χ0n) is 8.14. The molecule has 0 saturated heterocycles. The molecule has 71 valence electrons. The first kappa shape index (κ1) is 11.4. The summed E-state index contributed by atoms with van der Waals surface area (Å²) in [5.74, 6) is -0.0754. The van der Waals surface area contributed by atoms with Crippen LogP contribution in [0.4, 0.5) is 0 Å². The van der Waals surface area contributed by atoms with Crippen molar-refractivity contribution < 1.29 is 9.63 Å². The molecular formula is C9H18NO2. The average molecular weight is 172 g/mol. The van der Waals surface area contributed by atoms with E-state index < -0.39 is 0 Å². The van der Waals surface area contributed by atoms with Crippen molar-refractivity contribution in [2.24, 2.45) is 0 Å². The SMILES string of the molecule is [CH2]CCCC(=O)NOC(C)(C)C. The van der Waals surface area contributed by atoms with Crippen LogP contribution in [0.1, 0.15) is 40.0 Å². The number of nitrogens with one attached hydrogen (secondary N) is 1. The lowest BCUT2D eigenvalue weighted by molar-refractivity contribution is -0.145. The third-order valence-electron chi connectivity index (χ3n) is 1.12. The van der Waals surface area contributed by atoms with E-state index in [9.17, 15) is 4.79 Å². The van der Waals surface area contributed by atoms with Crippen molar-refractivity contribution in [2.45, 2.75) is 45.6 Å². The number of carbonyl (C=O) groups excluding carboxylic acids is 1. The zero-order chi connectivity index (χ0) is 9.61. The van der Waals surface area contributed by atoms with Crippen molar-refractivity contribution in [3.8, 4) is 0 Å². The minimum atomic E-state index is -0.319. The van der Waals surface area contributed by atoms with Crippen LogP contribution in [0.5, 0.6) is 0 Å². The lowest BCUT2D eigenvalue weighted by atomic mass is 10.2. The molecule has 0 saturated carbocycles. The Morgan fingerprint density at radius 1 is 1.50 bits per heavy atom. The molecule has 0 unspecified atom stereocenters. The molecule has 3 nitrogen and oxygen atoms in total. The maximum absolute atomic E-state index is 11.0. The standard InChI is InChI=1S/C9H18NO2/c1-5-6-7-8(11)10-12-9(2,3)4/h1,5-7H2,2-4H3,(H,10,11). The normalized spacial score (nSPS) is 11.3. The van der Waals surface area contributed by atoms with Crippen molar-refractivity contribution in [3.05, 3.63) is 6.92 Å². The van der Waals surface area contributed by atoms with Crippen LogP contribution >= 0.6 is 0 Å². The van der Waals surface area contributed by atoms with Gasteiger partial charge >= 0.3 is 0 Å². The molecular weight excluding hydrogens is 154 g/mol. The van der Waals surface area contributed by atoms with E-state index in [1.54, 1.807) is 0 Å². The molecule has 0 bridgehead atoms. The number of carbonyl (C=O) groups is 1. The number of hydrogen-bond acceptors (Lipinski definition) is 2. The van der Waals surface area contributed by atoms with Gasteiger partial charge in [0.2, 0.25) is 5.91 Å². The molecule has 0 aromatic rings. The zero-order valence-corrected chi connectivity index (χ0v) is 8.14. The molecule has 0 fully saturated rings. The van der Waals surface area contributed by atoms with Gasteiger partial charge in [-0.2, -0.15) is 0 Å². The predicted octanol–water partition coefficient (Wildman–Crippen LogP) is 1.84. The van der Waals surface area contributed by atoms with E-state index in [0.717, 1.165) is 12.8 Å². The molecule has 0 aromatic carbocycles. The molecule has 0 atom stereocenters. The van der Waals surface area contributed by atoms with Crippen LogP contribution in [0.15, 0.2) is 0 Å². The summed E-state index contributed by atoms with van der Waals surface area (Å²) in [6.45, 7) is 9.30. The smallest absolute Gasteiger partial charge is 0.243 e. The van der Waals surface area contributed by atoms with Crippen molar-refractivity contribution in [3.63, 3.8) is 0 Å². The minimum absolute atomic E-state index is 0.0754. The van der Waals surface area contributed by atoms with Gasteiger partial charge in [-0.15, -0.1) is 0 Å². The third-order valence-corrected chi connectivity index (χ3v) is 1.12. The van der Waals surface area contributed by atoms with Crippen LogP contribution in [-0.4, -0.2) is 11.5 Å². The highest BCUT2D eigenvalue weighted by Gasteiger charge is 2.11. The van der Waals surface area contributed by atoms with E-state index in [1.165, 1.54) is 0 Å². The van der Waals surface area contributed by atoms with Gasteiger partial charge in [-0.1, -0.05) is 13.3 Å². The van der Waals surface area contributed by atoms with Gasteiger partial charge in [-0.25, -0.2) is 5.48 Å². The van der Waals surface area contributed by atoms with Gasteiger partial charge in [-0.05, 0) is 27.2 Å². The summed E-state index contributed by atoms with van der Waals surface area (Å²) in [6, 6.07) is 0. The molecule has 0 aliphatic rings. The van der Waals surface area contributed by atoms with Crippen LogP contribution in [0.3, 0.4) is 0 Å². The maximum atomic E-state index is 11.0. The minimum Gasteiger partial charge on any atom is -0.273 e. The highest BCUT2D eigenvalue weighted by molar-refractivity contribution is 5.74. The van der Waals surface area contributed by atoms with Crippen molar-refractivity contribution in [1.29, 1.82) is 0 Å². The Balaban J connectivity index is 3.44. The fraction of sp³-hybridized carbons (Fsp3) is 0.778. The quantitative estimate of drug-likeness (QED) is 0.657. The summed E-state index contributed by atoms with van der Waals surface area (Å²) in [5.41, 5.74) is 2.07. The monoisotopic (exact) mass is 172 g/mol. The van der Waals surface area contributed by atoms with Crippen LogP contribution in [0.25, 0.3) is 0 Å². The van der Waals surface area contributed by atoms with E-state index in [-0.39, 0.29) is 11.5 Å². The summed E-state index contributed by atoms with van der Waals surface area (Å²) in [6.07, 6.45) is 2.07. The van der Waals surface area contributed by atoms with E-state index in [2.05, 4.69) is 12.4 Å². The average Bonchev–Trinajstić information content (AvgIpc) is 1.95. The molecule has 0 spiro atoms. The van der Waals surface area contributed by atoms with E-state index in [4.69, 9.17) is 4.84 Å². The largest absolute Gasteiger partial charge is 0.273 e. The van der Waals surface area contributed by atoms with E-state index in [0.29, 0.717) is 6.42 Å². The van der Waals surface area contributed by atoms with Gasteiger partial charge in [0, 0.05) is 6.42 Å². The van der Waals surface area contributed by atoms with Crippen molar-refractivity contribution >= 4 is 5.91 Å². The Labute approximate surface area is 74.4 Å². The molecule has 0 rings (SSSR count). The van der Waals surface area contributed by atoms with E-state index >= 15 is 0 Å². The highest BCUT2D eigenvalue weighted by atomic mass is 16.7. The number of unbranched alkanes of at least 4 members (excludes halogenated alkanes) is 1. The van der Waals surface area contributed by atoms with E-state index in [1.807, 2.05) is 20.8 Å². The number of rotatable bonds is 4. The number of amides is 1. The van der Waals surface area contributed by atoms with Gasteiger partial charge < -0.3 is 0 Å². The molecule has 0 aliphatic carbocycles. The molecule has 1 N–H and O–H groups in total. The van der Waals surface area contributed by atoms with Gasteiger partial charge in [0.05, 0.1) is 5.60 Å². The Morgan fingerprint density at radius 2 is 2.08 bits per heavy atom. The lowest BCUT2D eigenvalue weighted by Crippen LogP contribution is -2.33. The van der Waals surface area contributed by atoms with Gasteiger partial charge in [0.25, 0.3) is 0 Å². The first-order valence-corrected chi connectivity index (χ1v) is 4.22. The topological polar surface area (TPSA) is 38.3 Å². The first-order valence-electron chi connectivity index (χ1n) is 4.22. The van der Waals surface area contributed by atoms with Crippen molar-refractivity contribution in [1.82, 2.24) is 5.48 Å². The summed E-state index contributed by atoms with van der Waals surface area (Å²) in [5, 5.41) is 0. The summed E-state index contributed by atoms with van der Waals surface area (Å²) < 4.78 is 0. The molecule has 3 heteroatoms. The van der Waals surface area contributed by atoms with Crippen LogP contribution < -0.4 is 5.48 Å². The molecule has 1 radical (unpaired) electrons. The van der Waals surface area contributed by atoms with Crippen LogP contribution in [0, 0.1) is 6.92 Å². The Morgan fingerprint density at radius 3 is 2.50 bits per heavy atom. The number of hydrogen-bond donors (Lipinski definition) is 1. The van der Waals surface area contributed by atoms with Gasteiger partial charge in [0.1, 0.15) is 0 Å². The van der Waals surface area contributed by atoms with Crippen LogP contribution in [0.2, 0.25) is 0 Å². The Kier molecular flexibility index (Phi) is 4.90. The predicted molar refractivity (Wildman–Crippen MR) is 48.2 cm³/mol. The molecule has 12 heavy (non-hydrogen) atoms. The Hall–Kier alpha value is -0.570. The fourth-order valence-corrected chi connectivity index (χ4v) is 0.547. The molecule has 0 heterocycles. The first-order chi connectivity index (χ1) is 5.45. The second-order valence-electron chi connectivity index (χ2n) is 3.70. The fourth-order valence-electron chi connectivity index (χ4n) is 0.547. The summed E-state index contributed by atoms with van der Waals surface area (Å²) in [4.78, 5) is 16.1. The number of hydroxylamine groups is 1. The highest BCUT2D eigenvalue weighted by Crippen LogP contribution is 2.04. The molecule has 0 aromatic heterocycles. The second kappa shape index (κ2) is 5.14. The van der Waals surface area contributed by atoms with Gasteiger partial charge in [-0.3, -0.25) is 9.63 Å². The maximum Gasteiger partial charge on any atom is 0.243 e. The molecule has 0 aliphatic heterocycles. The second-order valence-corrected chi connectivity index (χ2v) is 3.70. The summed E-state index contributed by atoms with van der Waals surface area (Å²) >= 11 is 0. The summed E-state index contributed by atoms with van der Waals surface area (Å²) in [7, 11) is 0. The van der Waals surface area contributed by atoms with Crippen molar-refractivity contribution in [2.75, 3.05) is 0 Å². The molecule has 1 amide bonds. The Bertz CT molecular complexity index is 138. The van der Waals surface area contributed by atoms with Crippen LogP contribution in [-0.2, 0) is 9.63 Å². The van der Waals surface area contributed by atoms with Gasteiger partial charge in [0.15, 0.2) is 0 Å². The third kappa shape index (κ3) is 7.54.